The third kappa shape index (κ3) is 9.15. The minimum absolute atomic E-state index is 0.0717. The summed E-state index contributed by atoms with van der Waals surface area (Å²) < 4.78 is 18.8. The molecule has 1 saturated heterocycles. The first-order chi connectivity index (χ1) is 25.8. The number of anilines is 2. The molecule has 4 N–H and O–H groups in total. The molecule has 1 aromatic carbocycles. The van der Waals surface area contributed by atoms with Crippen LogP contribution >= 0.6 is 11.6 Å². The van der Waals surface area contributed by atoms with E-state index in [2.05, 4.69) is 46.3 Å². The van der Waals surface area contributed by atoms with Crippen LogP contribution in [0, 0.1) is 0 Å². The Kier molecular flexibility index (Phi) is 13.3. The number of imide groups is 2. The van der Waals surface area contributed by atoms with Crippen LogP contribution in [0.2, 0.25) is 5.02 Å². The minimum Gasteiger partial charge on any atom is -0.382 e. The van der Waals surface area contributed by atoms with Crippen LogP contribution in [0.25, 0.3) is 5.65 Å². The van der Waals surface area contributed by atoms with Gasteiger partial charge >= 0.3 is 0 Å². The van der Waals surface area contributed by atoms with Gasteiger partial charge in [0.25, 0.3) is 11.8 Å². The van der Waals surface area contributed by atoms with Crippen molar-refractivity contribution in [3.05, 3.63) is 52.3 Å². The van der Waals surface area contributed by atoms with Crippen LogP contribution in [0.5, 0.6) is 0 Å². The number of nitrogens with one attached hydrogen (secondary N) is 4. The van der Waals surface area contributed by atoms with E-state index in [1.165, 1.54) is 0 Å². The van der Waals surface area contributed by atoms with Crippen molar-refractivity contribution in [1.82, 2.24) is 30.1 Å². The van der Waals surface area contributed by atoms with Crippen molar-refractivity contribution in [1.29, 1.82) is 0 Å². The number of nitrogens with zero attached hydrogens (tertiary/aromatic N) is 4. The summed E-state index contributed by atoms with van der Waals surface area (Å²) in [6, 6.07) is 6.82. The Morgan fingerprint density at radius 3 is 2.38 bits per heavy atom. The van der Waals surface area contributed by atoms with Crippen molar-refractivity contribution < 1.29 is 33.4 Å². The van der Waals surface area contributed by atoms with Gasteiger partial charge in [-0.15, -0.1) is 0 Å². The number of hydrogen-bond donors (Lipinski definition) is 4. The van der Waals surface area contributed by atoms with Gasteiger partial charge in [0.2, 0.25) is 11.8 Å². The standard InChI is InChI=1S/C37H49ClN8O7/c1-3-23(4-2)29-21-31(46-34(43-29)27(38)22-41-46)42-25-9-8-24(20-25)39-12-14-51-16-18-53-19-17-52-15-13-40-28-7-5-6-26-33(28)37(50)45(36(26)49)30-10-11-32(47)44-35(30)48/h5-7,21-25,30,39-40,42H,3-4,8-20H2,1-2H3,(H,44,47,48)/t24-,25-,30?/m0/s1. The average Bonchev–Trinajstić information content (AvgIpc) is 3.83. The highest BCUT2D eigenvalue weighted by Gasteiger charge is 2.45. The monoisotopic (exact) mass is 752 g/mol. The highest BCUT2D eigenvalue weighted by molar-refractivity contribution is 6.33. The van der Waals surface area contributed by atoms with Crippen molar-refractivity contribution in [2.24, 2.45) is 0 Å². The highest BCUT2D eigenvalue weighted by Crippen LogP contribution is 2.33. The molecule has 0 spiro atoms. The quantitative estimate of drug-likeness (QED) is 0.0972. The fourth-order valence-electron chi connectivity index (χ4n) is 7.28. The lowest BCUT2D eigenvalue weighted by Crippen LogP contribution is -2.54. The normalized spacial score (nSPS) is 20.2. The number of amides is 4. The summed E-state index contributed by atoms with van der Waals surface area (Å²) in [5.74, 6) is -0.814. The average molecular weight is 753 g/mol. The molecule has 1 unspecified atom stereocenters. The zero-order chi connectivity index (χ0) is 37.3. The molecule has 1 saturated carbocycles. The van der Waals surface area contributed by atoms with Crippen LogP contribution in [0.4, 0.5) is 11.5 Å². The molecule has 2 aliphatic heterocycles. The predicted octanol–water partition coefficient (Wildman–Crippen LogP) is 3.77. The van der Waals surface area contributed by atoms with Gasteiger partial charge in [-0.2, -0.15) is 9.61 Å². The number of halogens is 1. The Hall–Kier alpha value is -4.15. The molecule has 4 amide bonds. The maximum absolute atomic E-state index is 13.2. The van der Waals surface area contributed by atoms with Crippen LogP contribution in [0.1, 0.15) is 91.1 Å². The van der Waals surface area contributed by atoms with Gasteiger partial charge in [0.15, 0.2) is 5.65 Å². The number of fused-ring (bicyclic) bond motifs is 2. The summed E-state index contributed by atoms with van der Waals surface area (Å²) in [7, 11) is 0. The van der Waals surface area contributed by atoms with Crippen LogP contribution < -0.4 is 21.3 Å². The molecular formula is C37H49ClN8O7. The molecule has 2 fully saturated rings. The molecule has 0 bridgehead atoms. The lowest BCUT2D eigenvalue weighted by molar-refractivity contribution is -0.136. The fraction of sp³-hybridized carbons (Fsp3) is 0.568. The molecule has 2 aromatic heterocycles. The fourth-order valence-corrected chi connectivity index (χ4v) is 7.44. The maximum atomic E-state index is 13.2. The van der Waals surface area contributed by atoms with Gasteiger partial charge in [-0.1, -0.05) is 31.5 Å². The summed E-state index contributed by atoms with van der Waals surface area (Å²) in [5, 5.41) is 17.7. The predicted molar refractivity (Wildman–Crippen MR) is 198 cm³/mol. The Bertz CT molecular complexity index is 1780. The molecule has 15 nitrogen and oxygen atoms in total. The first-order valence-corrected chi connectivity index (χ1v) is 19.0. The van der Waals surface area contributed by atoms with Gasteiger partial charge in [0.05, 0.1) is 57.0 Å². The van der Waals surface area contributed by atoms with Crippen LogP contribution in [0.15, 0.2) is 30.5 Å². The number of hydrogen-bond acceptors (Lipinski definition) is 12. The van der Waals surface area contributed by atoms with E-state index < -0.39 is 29.7 Å². The van der Waals surface area contributed by atoms with Crippen molar-refractivity contribution in [2.45, 2.75) is 82.8 Å². The van der Waals surface area contributed by atoms with Crippen molar-refractivity contribution in [3.8, 4) is 0 Å². The van der Waals surface area contributed by atoms with Gasteiger partial charge < -0.3 is 30.2 Å². The zero-order valence-electron chi connectivity index (χ0n) is 30.3. The van der Waals surface area contributed by atoms with E-state index in [9.17, 15) is 19.2 Å². The van der Waals surface area contributed by atoms with Crippen LogP contribution in [-0.4, -0.2) is 114 Å². The number of rotatable bonds is 20. The number of carbonyl (C=O) groups is 4. The number of benzene rings is 1. The lowest BCUT2D eigenvalue weighted by Gasteiger charge is -2.27. The molecule has 4 heterocycles. The number of piperidine rings is 1. The second-order valence-corrected chi connectivity index (χ2v) is 14.0. The molecule has 53 heavy (non-hydrogen) atoms. The van der Waals surface area contributed by atoms with Gasteiger partial charge in [-0.25, -0.2) is 4.98 Å². The summed E-state index contributed by atoms with van der Waals surface area (Å²) in [4.78, 5) is 55.8. The first kappa shape index (κ1) is 38.6. The molecule has 1 aliphatic carbocycles. The van der Waals surface area contributed by atoms with E-state index in [4.69, 9.17) is 30.8 Å². The van der Waals surface area contributed by atoms with Crippen LogP contribution in [0.3, 0.4) is 0 Å². The SMILES string of the molecule is CCC(CC)c1cc(N[C@H]2CC[C@H](NCCOCCOCCOCCNc3cccc4c3C(=O)N(C3CCC(=O)NC3=O)C4=O)C2)n2ncc(Cl)c2n1. The summed E-state index contributed by atoms with van der Waals surface area (Å²) >= 11 is 6.41. The van der Waals surface area contributed by atoms with E-state index in [1.807, 2.05) is 4.52 Å². The first-order valence-electron chi connectivity index (χ1n) is 18.6. The third-order valence-electron chi connectivity index (χ3n) is 10.1. The van der Waals surface area contributed by atoms with Crippen molar-refractivity contribution in [3.63, 3.8) is 0 Å². The Morgan fingerprint density at radius 1 is 0.925 bits per heavy atom. The van der Waals surface area contributed by atoms with E-state index in [0.29, 0.717) is 80.5 Å². The van der Waals surface area contributed by atoms with E-state index in [0.717, 1.165) is 55.1 Å². The molecule has 286 valence electrons. The summed E-state index contributed by atoms with van der Waals surface area (Å²) in [6.45, 7) is 8.25. The number of ether oxygens (including phenoxy) is 3. The zero-order valence-corrected chi connectivity index (χ0v) is 31.1. The van der Waals surface area contributed by atoms with Crippen molar-refractivity contribution in [2.75, 3.05) is 63.4 Å². The van der Waals surface area contributed by atoms with Crippen LogP contribution in [-0.2, 0) is 23.8 Å². The van der Waals surface area contributed by atoms with Gasteiger partial charge in [0.1, 0.15) is 16.9 Å². The third-order valence-corrected chi connectivity index (χ3v) is 10.4. The Morgan fingerprint density at radius 2 is 1.64 bits per heavy atom. The molecular weight excluding hydrogens is 704 g/mol. The topological polar surface area (TPSA) is 178 Å². The van der Waals surface area contributed by atoms with E-state index in [-0.39, 0.29) is 24.0 Å². The van der Waals surface area contributed by atoms with Gasteiger partial charge in [0, 0.05) is 55.0 Å². The molecule has 3 atom stereocenters. The van der Waals surface area contributed by atoms with Crippen molar-refractivity contribution >= 4 is 52.4 Å². The largest absolute Gasteiger partial charge is 0.382 e. The highest BCUT2D eigenvalue weighted by atomic mass is 35.5. The number of aromatic nitrogens is 3. The molecule has 3 aliphatic rings. The molecule has 16 heteroatoms. The second-order valence-electron chi connectivity index (χ2n) is 13.6. The second kappa shape index (κ2) is 18.3. The minimum atomic E-state index is -1.00. The summed E-state index contributed by atoms with van der Waals surface area (Å²) in [5.41, 5.74) is 2.69. The summed E-state index contributed by atoms with van der Waals surface area (Å²) in [6.07, 6.45) is 7.03. The Labute approximate surface area is 313 Å². The van der Waals surface area contributed by atoms with Gasteiger partial charge in [-0.3, -0.25) is 29.4 Å². The Balaban J connectivity index is 0.808. The molecule has 6 rings (SSSR count). The van der Waals surface area contributed by atoms with E-state index in [1.54, 1.807) is 24.4 Å². The number of carbonyl (C=O) groups excluding carboxylic acids is 4. The molecule has 3 aromatic rings. The van der Waals surface area contributed by atoms with E-state index >= 15 is 0 Å². The molecule has 0 radical (unpaired) electrons. The van der Waals surface area contributed by atoms with Gasteiger partial charge in [-0.05, 0) is 50.7 Å². The maximum Gasteiger partial charge on any atom is 0.264 e. The smallest absolute Gasteiger partial charge is 0.264 e. The lowest BCUT2D eigenvalue weighted by atomic mass is 9.99.